The molecule has 30 heavy (non-hydrogen) atoms. The van der Waals surface area contributed by atoms with Gasteiger partial charge in [0.2, 0.25) is 0 Å². The van der Waals surface area contributed by atoms with Crippen molar-refractivity contribution in [2.45, 2.75) is 90.9 Å². The Bertz CT molecular complexity index is 605. The summed E-state index contributed by atoms with van der Waals surface area (Å²) in [5, 5.41) is 3.82. The molecule has 0 aliphatic carbocycles. The molecule has 3 N–H and O–H groups in total. The van der Waals surface area contributed by atoms with Crippen molar-refractivity contribution in [1.82, 2.24) is 5.43 Å². The first-order valence-electron chi connectivity index (χ1n) is 11.7. The van der Waals surface area contributed by atoms with Gasteiger partial charge in [-0.1, -0.05) is 78.1 Å². The van der Waals surface area contributed by atoms with Crippen molar-refractivity contribution in [1.29, 1.82) is 0 Å². The highest BCUT2D eigenvalue weighted by Gasteiger charge is 2.07. The van der Waals surface area contributed by atoms with Crippen molar-refractivity contribution >= 4 is 12.2 Å². The summed E-state index contributed by atoms with van der Waals surface area (Å²) >= 11 is 0. The number of primary amides is 1. The van der Waals surface area contributed by atoms with Crippen LogP contribution in [0.3, 0.4) is 0 Å². The van der Waals surface area contributed by atoms with Gasteiger partial charge in [0.05, 0.1) is 19.4 Å². The van der Waals surface area contributed by atoms with Crippen LogP contribution in [0.4, 0.5) is 4.79 Å². The first-order valence-corrected chi connectivity index (χ1v) is 11.7. The fraction of sp³-hybridized carbons (Fsp3) is 0.667. The Morgan fingerprint density at radius 2 is 1.40 bits per heavy atom. The number of hydrazone groups is 1. The van der Waals surface area contributed by atoms with Crippen LogP contribution < -0.4 is 20.6 Å². The highest BCUT2D eigenvalue weighted by molar-refractivity contribution is 5.82. The third kappa shape index (κ3) is 13.1. The molecule has 2 amide bonds. The predicted molar refractivity (Wildman–Crippen MR) is 124 cm³/mol. The fourth-order valence-corrected chi connectivity index (χ4v) is 3.14. The van der Waals surface area contributed by atoms with Gasteiger partial charge in [-0.25, -0.2) is 10.2 Å². The molecule has 1 rings (SSSR count). The minimum absolute atomic E-state index is 0.666. The Hall–Kier alpha value is -2.24. The van der Waals surface area contributed by atoms with Crippen molar-refractivity contribution < 1.29 is 14.3 Å². The third-order valence-corrected chi connectivity index (χ3v) is 4.87. The molecule has 0 aliphatic rings. The van der Waals surface area contributed by atoms with Gasteiger partial charge in [-0.05, 0) is 36.6 Å². The summed E-state index contributed by atoms with van der Waals surface area (Å²) in [6.07, 6.45) is 16.2. The van der Waals surface area contributed by atoms with Crippen molar-refractivity contribution in [3.05, 3.63) is 23.8 Å². The summed E-state index contributed by atoms with van der Waals surface area (Å²) in [4.78, 5) is 10.8. The number of hydrogen-bond donors (Lipinski definition) is 2. The Morgan fingerprint density at radius 1 is 0.867 bits per heavy atom. The van der Waals surface area contributed by atoms with Crippen LogP contribution in [0.5, 0.6) is 11.5 Å². The number of unbranched alkanes of at least 4 members (excludes halogenated alkanes) is 10. The molecule has 1 aromatic carbocycles. The molecule has 0 spiro atoms. The number of carbonyl (C=O) groups excluding carboxylic acids is 1. The number of nitrogens with two attached hydrogens (primary N) is 1. The van der Waals surface area contributed by atoms with Gasteiger partial charge in [-0.2, -0.15) is 5.10 Å². The lowest BCUT2D eigenvalue weighted by molar-refractivity contribution is 0.249. The van der Waals surface area contributed by atoms with Gasteiger partial charge < -0.3 is 15.2 Å². The summed E-state index contributed by atoms with van der Waals surface area (Å²) in [5.74, 6) is 1.48. The van der Waals surface area contributed by atoms with E-state index in [0.29, 0.717) is 13.2 Å². The molecule has 0 radical (unpaired) electrons. The van der Waals surface area contributed by atoms with Gasteiger partial charge >= 0.3 is 6.03 Å². The maximum absolute atomic E-state index is 10.8. The maximum atomic E-state index is 10.8. The average Bonchev–Trinajstić information content (AvgIpc) is 2.73. The molecule has 170 valence electrons. The van der Waals surface area contributed by atoms with Crippen LogP contribution in [-0.2, 0) is 0 Å². The first-order chi connectivity index (χ1) is 14.7. The molecule has 6 nitrogen and oxygen atoms in total. The van der Waals surface area contributed by atoms with Crippen molar-refractivity contribution in [2.75, 3.05) is 13.2 Å². The minimum atomic E-state index is -0.690. The molecular formula is C24H41N3O3. The number of nitrogens with zero attached hydrogens (tertiary/aromatic N) is 1. The van der Waals surface area contributed by atoms with Crippen LogP contribution in [0.15, 0.2) is 23.3 Å². The van der Waals surface area contributed by atoms with Crippen LogP contribution in [0.2, 0.25) is 0 Å². The van der Waals surface area contributed by atoms with E-state index in [1.54, 1.807) is 6.21 Å². The number of nitrogens with one attached hydrogen (secondary N) is 1. The number of benzene rings is 1. The lowest BCUT2D eigenvalue weighted by atomic mass is 10.1. The summed E-state index contributed by atoms with van der Waals surface area (Å²) in [7, 11) is 0. The molecule has 0 unspecified atom stereocenters. The molecule has 0 saturated carbocycles. The van der Waals surface area contributed by atoms with E-state index in [-0.39, 0.29) is 0 Å². The SMILES string of the molecule is CCCCCCCCOc1ccc(C=NNC(N)=O)cc1OCCCCCCCC. The van der Waals surface area contributed by atoms with E-state index in [1.807, 2.05) is 18.2 Å². The Labute approximate surface area is 182 Å². The maximum Gasteiger partial charge on any atom is 0.332 e. The van der Waals surface area contributed by atoms with E-state index < -0.39 is 6.03 Å². The van der Waals surface area contributed by atoms with E-state index in [4.69, 9.17) is 15.2 Å². The number of carbonyl (C=O) groups is 1. The number of hydrogen-bond acceptors (Lipinski definition) is 4. The molecule has 0 atom stereocenters. The van der Waals surface area contributed by atoms with Crippen LogP contribution in [0.25, 0.3) is 0 Å². The second-order valence-corrected chi connectivity index (χ2v) is 7.67. The quantitative estimate of drug-likeness (QED) is 0.169. The monoisotopic (exact) mass is 419 g/mol. The van der Waals surface area contributed by atoms with E-state index >= 15 is 0 Å². The topological polar surface area (TPSA) is 85.9 Å². The van der Waals surface area contributed by atoms with Crippen LogP contribution in [0.1, 0.15) is 96.5 Å². The van der Waals surface area contributed by atoms with Crippen molar-refractivity contribution in [3.63, 3.8) is 0 Å². The highest BCUT2D eigenvalue weighted by atomic mass is 16.5. The molecule has 0 saturated heterocycles. The normalized spacial score (nSPS) is 11.0. The number of urea groups is 1. The molecule has 0 fully saturated rings. The van der Waals surface area contributed by atoms with E-state index in [0.717, 1.165) is 29.9 Å². The Balaban J connectivity index is 2.54. The van der Waals surface area contributed by atoms with Gasteiger partial charge in [0.1, 0.15) is 0 Å². The highest BCUT2D eigenvalue weighted by Crippen LogP contribution is 2.28. The first kappa shape index (κ1) is 25.8. The Morgan fingerprint density at radius 3 is 1.97 bits per heavy atom. The molecule has 0 bridgehead atoms. The summed E-state index contributed by atoms with van der Waals surface area (Å²) < 4.78 is 12.0. The van der Waals surface area contributed by atoms with Crippen LogP contribution in [-0.4, -0.2) is 25.5 Å². The lowest BCUT2D eigenvalue weighted by Gasteiger charge is -2.14. The van der Waals surface area contributed by atoms with Gasteiger partial charge in [-0.3, -0.25) is 0 Å². The van der Waals surface area contributed by atoms with Gasteiger partial charge in [0.25, 0.3) is 0 Å². The van der Waals surface area contributed by atoms with Crippen molar-refractivity contribution in [3.8, 4) is 11.5 Å². The number of rotatable bonds is 18. The van der Waals surface area contributed by atoms with E-state index in [1.165, 1.54) is 64.2 Å². The molecule has 1 aromatic rings. The predicted octanol–water partition coefficient (Wildman–Crippen LogP) is 6.17. The van der Waals surface area contributed by atoms with Gasteiger partial charge in [0.15, 0.2) is 11.5 Å². The van der Waals surface area contributed by atoms with E-state index in [9.17, 15) is 4.79 Å². The standard InChI is InChI=1S/C24H41N3O3/c1-3-5-7-9-11-13-17-29-22-16-15-21(20-26-27-24(25)28)19-23(22)30-18-14-12-10-8-6-4-2/h15-16,19-20H,3-14,17-18H2,1-2H3,(H3,25,27,28). The number of amides is 2. The number of ether oxygens (including phenoxy) is 2. The smallest absolute Gasteiger partial charge is 0.332 e. The van der Waals surface area contributed by atoms with Crippen LogP contribution in [0, 0.1) is 0 Å². The zero-order valence-corrected chi connectivity index (χ0v) is 19.0. The second-order valence-electron chi connectivity index (χ2n) is 7.67. The lowest BCUT2D eigenvalue weighted by Crippen LogP contribution is -2.24. The van der Waals surface area contributed by atoms with Crippen molar-refractivity contribution in [2.24, 2.45) is 10.8 Å². The summed E-state index contributed by atoms with van der Waals surface area (Å²) in [5.41, 5.74) is 8.05. The molecule has 0 heterocycles. The van der Waals surface area contributed by atoms with E-state index in [2.05, 4.69) is 24.4 Å². The molecule has 6 heteroatoms. The fourth-order valence-electron chi connectivity index (χ4n) is 3.14. The molecular weight excluding hydrogens is 378 g/mol. The molecule has 0 aliphatic heterocycles. The zero-order valence-electron chi connectivity index (χ0n) is 19.0. The Kier molecular flexibility index (Phi) is 15.1. The largest absolute Gasteiger partial charge is 0.490 e. The minimum Gasteiger partial charge on any atom is -0.490 e. The summed E-state index contributed by atoms with van der Waals surface area (Å²) in [6, 6.07) is 4.99. The molecule has 0 aromatic heterocycles. The van der Waals surface area contributed by atoms with Crippen LogP contribution >= 0.6 is 0 Å². The average molecular weight is 420 g/mol. The third-order valence-electron chi connectivity index (χ3n) is 4.87. The van der Waals surface area contributed by atoms with Gasteiger partial charge in [-0.15, -0.1) is 0 Å². The summed E-state index contributed by atoms with van der Waals surface area (Å²) in [6.45, 7) is 5.81. The van der Waals surface area contributed by atoms with Gasteiger partial charge in [0, 0.05) is 0 Å². The second kappa shape index (κ2) is 17.6. The zero-order chi connectivity index (χ0) is 21.9.